The number of hydrogen-bond donors (Lipinski definition) is 1. The van der Waals surface area contributed by atoms with Crippen molar-refractivity contribution in [2.24, 2.45) is 0 Å². The Balaban J connectivity index is 0.000000331. The summed E-state index contributed by atoms with van der Waals surface area (Å²) >= 11 is 4.14. The summed E-state index contributed by atoms with van der Waals surface area (Å²) in [4.78, 5) is 0. The smallest absolute Gasteiger partial charge is 0.485 e. The Labute approximate surface area is 109 Å². The van der Waals surface area contributed by atoms with Gasteiger partial charge in [0.05, 0.1) is 0 Å². The van der Waals surface area contributed by atoms with E-state index >= 15 is 0 Å². The third kappa shape index (κ3) is 7.51. The molecule has 1 heterocycles. The van der Waals surface area contributed by atoms with Crippen molar-refractivity contribution in [2.75, 3.05) is 5.75 Å². The zero-order valence-electron chi connectivity index (χ0n) is 9.17. The molecule has 0 atom stereocenters. The van der Waals surface area contributed by atoms with Gasteiger partial charge in [-0.1, -0.05) is 6.07 Å². The van der Waals surface area contributed by atoms with Crippen LogP contribution in [0.3, 0.4) is 0 Å². The van der Waals surface area contributed by atoms with E-state index in [-0.39, 0.29) is 0 Å². The summed E-state index contributed by atoms with van der Waals surface area (Å²) in [5.41, 5.74) is -5.65. The van der Waals surface area contributed by atoms with Crippen LogP contribution in [0.25, 0.3) is 0 Å². The molecule has 4 nitrogen and oxygen atoms in total. The molecule has 0 fully saturated rings. The lowest BCUT2D eigenvalue weighted by Gasteiger charge is -2.08. The Morgan fingerprint density at radius 2 is 1.61 bits per heavy atom. The second-order valence-corrected chi connectivity index (χ2v) is 4.91. The minimum Gasteiger partial charge on any atom is -0.741 e. The fraction of sp³-hybridized carbons (Fsp3) is 0.444. The van der Waals surface area contributed by atoms with Gasteiger partial charge in [-0.05, 0) is 5.75 Å². The minimum atomic E-state index is -6.09. The van der Waals surface area contributed by atoms with E-state index in [1.54, 1.807) is 0 Å². The molecule has 0 aromatic carbocycles. The molecule has 18 heavy (non-hydrogen) atoms. The number of nitrogens with zero attached hydrogens (tertiary/aromatic N) is 1. The maximum absolute atomic E-state index is 10.7. The highest BCUT2D eigenvalue weighted by atomic mass is 32.2. The lowest BCUT2D eigenvalue weighted by Crippen LogP contribution is -2.32. The predicted molar refractivity (Wildman–Crippen MR) is 60.9 cm³/mol. The van der Waals surface area contributed by atoms with E-state index in [9.17, 15) is 13.2 Å². The van der Waals surface area contributed by atoms with Crippen LogP contribution in [0.1, 0.15) is 6.42 Å². The average Bonchev–Trinajstić information content (AvgIpc) is 2.26. The van der Waals surface area contributed by atoms with Crippen molar-refractivity contribution in [3.63, 3.8) is 0 Å². The van der Waals surface area contributed by atoms with Crippen molar-refractivity contribution in [1.82, 2.24) is 0 Å². The quantitative estimate of drug-likeness (QED) is 0.397. The average molecular weight is 303 g/mol. The number of alkyl halides is 3. The molecule has 0 aliphatic carbocycles. The maximum atomic E-state index is 10.7. The summed E-state index contributed by atoms with van der Waals surface area (Å²) in [5, 5.41) is 0. The predicted octanol–water partition coefficient (Wildman–Crippen LogP) is 1.35. The Hall–Kier alpha value is -0.800. The van der Waals surface area contributed by atoms with Gasteiger partial charge in [0.1, 0.15) is 6.54 Å². The molecule has 1 aromatic rings. The number of hydrogen-bond acceptors (Lipinski definition) is 4. The van der Waals surface area contributed by atoms with E-state index in [4.69, 9.17) is 13.0 Å². The Morgan fingerprint density at radius 1 is 1.17 bits per heavy atom. The topological polar surface area (TPSA) is 61.1 Å². The molecule has 0 spiro atoms. The third-order valence-corrected chi connectivity index (χ3v) is 2.52. The first-order chi connectivity index (χ1) is 8.18. The van der Waals surface area contributed by atoms with Gasteiger partial charge in [0.25, 0.3) is 0 Å². The normalized spacial score (nSPS) is 11.6. The van der Waals surface area contributed by atoms with Gasteiger partial charge in [-0.3, -0.25) is 0 Å². The third-order valence-electron chi connectivity index (χ3n) is 1.64. The van der Waals surface area contributed by atoms with Crippen LogP contribution in [0.15, 0.2) is 30.6 Å². The van der Waals surface area contributed by atoms with Crippen molar-refractivity contribution < 1.29 is 30.7 Å². The van der Waals surface area contributed by atoms with E-state index < -0.39 is 15.6 Å². The standard InChI is InChI=1S/C8H11NS.CHF3O3S/c10-8-4-7-9-5-2-1-3-6-9;2-1(3,4)8(5,6)7/h1-3,5-6H,4,7-8H2;(H,5,6,7). The van der Waals surface area contributed by atoms with Gasteiger partial charge >= 0.3 is 5.51 Å². The molecule has 0 saturated heterocycles. The Bertz CT molecular complexity index is 434. The van der Waals surface area contributed by atoms with Crippen LogP contribution in [0.2, 0.25) is 0 Å². The minimum absolute atomic E-state index is 0.960. The molecule has 1 aromatic heterocycles. The molecule has 0 unspecified atom stereocenters. The molecule has 104 valence electrons. The zero-order valence-corrected chi connectivity index (χ0v) is 10.9. The van der Waals surface area contributed by atoms with Crippen molar-refractivity contribution in [1.29, 1.82) is 0 Å². The molecule has 0 N–H and O–H groups in total. The zero-order chi connectivity index (χ0) is 14.2. The van der Waals surface area contributed by atoms with Crippen molar-refractivity contribution in [3.05, 3.63) is 30.6 Å². The lowest BCUT2D eigenvalue weighted by atomic mass is 10.4. The van der Waals surface area contributed by atoms with Gasteiger partial charge in [0.2, 0.25) is 0 Å². The number of pyridine rings is 1. The van der Waals surface area contributed by atoms with Crippen molar-refractivity contribution in [2.45, 2.75) is 18.5 Å². The summed E-state index contributed by atoms with van der Waals surface area (Å²) in [6.07, 6.45) is 5.28. The van der Waals surface area contributed by atoms with E-state index in [0.29, 0.717) is 0 Å². The second kappa shape index (κ2) is 7.59. The van der Waals surface area contributed by atoms with E-state index in [1.807, 2.05) is 18.2 Å². The summed E-state index contributed by atoms with van der Waals surface area (Å²) in [6, 6.07) is 6.11. The number of thiol groups is 1. The number of aryl methyl sites for hydroxylation is 1. The van der Waals surface area contributed by atoms with Crippen LogP contribution < -0.4 is 4.57 Å². The van der Waals surface area contributed by atoms with Gasteiger partial charge in [-0.2, -0.15) is 25.8 Å². The summed E-state index contributed by atoms with van der Waals surface area (Å²) in [7, 11) is -6.09. The van der Waals surface area contributed by atoms with Gasteiger partial charge in [0.15, 0.2) is 22.5 Å². The lowest BCUT2D eigenvalue weighted by molar-refractivity contribution is -0.696. The van der Waals surface area contributed by atoms with Crippen molar-refractivity contribution in [3.8, 4) is 0 Å². The van der Waals surface area contributed by atoms with Crippen LogP contribution >= 0.6 is 12.6 Å². The highest BCUT2D eigenvalue weighted by Crippen LogP contribution is 2.20. The first-order valence-corrected chi connectivity index (χ1v) is 6.79. The SMILES string of the molecule is O=S(=O)([O-])C(F)(F)F.SCCC[n+]1ccccc1. The van der Waals surface area contributed by atoms with Crippen LogP contribution in [0.5, 0.6) is 0 Å². The van der Waals surface area contributed by atoms with Crippen LogP contribution in [-0.2, 0) is 16.7 Å². The molecule has 0 aliphatic rings. The molecular weight excluding hydrogens is 291 g/mol. The molecule has 0 aliphatic heterocycles. The summed E-state index contributed by atoms with van der Waals surface area (Å²) in [5.74, 6) is 0.960. The highest BCUT2D eigenvalue weighted by Gasteiger charge is 2.36. The number of aromatic nitrogens is 1. The van der Waals surface area contributed by atoms with E-state index in [0.717, 1.165) is 18.7 Å². The highest BCUT2D eigenvalue weighted by molar-refractivity contribution is 7.86. The largest absolute Gasteiger partial charge is 0.741 e. The maximum Gasteiger partial charge on any atom is 0.485 e. The monoisotopic (exact) mass is 303 g/mol. The number of halogens is 3. The van der Waals surface area contributed by atoms with Gasteiger partial charge in [-0.15, -0.1) is 0 Å². The second-order valence-electron chi connectivity index (χ2n) is 3.09. The fourth-order valence-corrected chi connectivity index (χ4v) is 0.978. The van der Waals surface area contributed by atoms with E-state index in [2.05, 4.69) is 29.6 Å². The van der Waals surface area contributed by atoms with Gasteiger partial charge in [-0.25, -0.2) is 13.0 Å². The summed E-state index contributed by atoms with van der Waals surface area (Å²) < 4.78 is 61.1. The van der Waals surface area contributed by atoms with Gasteiger partial charge in [0, 0.05) is 18.6 Å². The molecule has 1 rings (SSSR count). The molecule has 0 bridgehead atoms. The van der Waals surface area contributed by atoms with Crippen LogP contribution in [0.4, 0.5) is 13.2 Å². The fourth-order valence-electron chi connectivity index (χ4n) is 0.837. The number of rotatable bonds is 3. The molecule has 9 heteroatoms. The molecule has 0 radical (unpaired) electrons. The van der Waals surface area contributed by atoms with Crippen LogP contribution in [-0.4, -0.2) is 24.2 Å². The molecule has 0 amide bonds. The first kappa shape index (κ1) is 17.2. The van der Waals surface area contributed by atoms with Gasteiger partial charge < -0.3 is 4.55 Å². The van der Waals surface area contributed by atoms with Crippen molar-refractivity contribution >= 4 is 22.7 Å². The van der Waals surface area contributed by atoms with Crippen LogP contribution in [0, 0.1) is 0 Å². The Kier molecular flexibility index (Phi) is 7.26. The Morgan fingerprint density at radius 3 is 1.94 bits per heavy atom. The van der Waals surface area contributed by atoms with E-state index in [1.165, 1.54) is 0 Å². The summed E-state index contributed by atoms with van der Waals surface area (Å²) in [6.45, 7) is 1.07. The molecule has 0 saturated carbocycles. The molecular formula is C9H12F3NO3S2. The first-order valence-electron chi connectivity index (χ1n) is 4.75.